The summed E-state index contributed by atoms with van der Waals surface area (Å²) >= 11 is 5.79. The maximum Gasteiger partial charge on any atom is 0.313 e. The first kappa shape index (κ1) is 21.3. The molecule has 0 radical (unpaired) electrons. The Morgan fingerprint density at radius 1 is 1.07 bits per heavy atom. The SMILES string of the molecule is Cc1ccc(S(=O)(=O)N2CCC[C@H]2CNC(=O)C(=O)Nc2ccc(Cl)cc2)cc1. The Morgan fingerprint density at radius 2 is 1.72 bits per heavy atom. The Bertz CT molecular complexity index is 991. The summed E-state index contributed by atoms with van der Waals surface area (Å²) < 4.78 is 27.3. The lowest BCUT2D eigenvalue weighted by molar-refractivity contribution is -0.136. The third-order valence-corrected chi connectivity index (χ3v) is 6.98. The van der Waals surface area contributed by atoms with Gasteiger partial charge < -0.3 is 10.6 Å². The number of aryl methyl sites for hydroxylation is 1. The van der Waals surface area contributed by atoms with Gasteiger partial charge in [-0.05, 0) is 56.2 Å². The lowest BCUT2D eigenvalue weighted by Crippen LogP contribution is -2.45. The van der Waals surface area contributed by atoms with Crippen molar-refractivity contribution < 1.29 is 18.0 Å². The molecule has 1 saturated heterocycles. The molecular weight excluding hydrogens is 414 g/mol. The molecule has 3 rings (SSSR count). The summed E-state index contributed by atoms with van der Waals surface area (Å²) in [5.41, 5.74) is 1.42. The van der Waals surface area contributed by atoms with Crippen molar-refractivity contribution in [3.63, 3.8) is 0 Å². The van der Waals surface area contributed by atoms with Gasteiger partial charge in [0, 0.05) is 29.8 Å². The van der Waals surface area contributed by atoms with Crippen LogP contribution in [-0.4, -0.2) is 43.7 Å². The topological polar surface area (TPSA) is 95.6 Å². The second-order valence-electron chi connectivity index (χ2n) is 6.90. The molecule has 2 aromatic carbocycles. The van der Waals surface area contributed by atoms with Crippen molar-refractivity contribution in [1.82, 2.24) is 9.62 Å². The first-order chi connectivity index (χ1) is 13.8. The Labute approximate surface area is 175 Å². The minimum absolute atomic E-state index is 0.0674. The molecule has 1 atom stereocenters. The molecule has 1 heterocycles. The van der Waals surface area contributed by atoms with Crippen LogP contribution in [0, 0.1) is 6.92 Å². The molecule has 0 aliphatic carbocycles. The van der Waals surface area contributed by atoms with E-state index >= 15 is 0 Å². The minimum atomic E-state index is -3.66. The molecule has 0 aromatic heterocycles. The maximum absolute atomic E-state index is 12.9. The average Bonchev–Trinajstić information content (AvgIpc) is 3.17. The predicted octanol–water partition coefficient (Wildman–Crippen LogP) is 2.56. The monoisotopic (exact) mass is 435 g/mol. The van der Waals surface area contributed by atoms with Gasteiger partial charge in [0.05, 0.1) is 4.90 Å². The average molecular weight is 436 g/mol. The molecule has 1 fully saturated rings. The molecule has 29 heavy (non-hydrogen) atoms. The molecular formula is C20H22ClN3O4S. The second kappa shape index (κ2) is 8.94. The highest BCUT2D eigenvalue weighted by Crippen LogP contribution is 2.26. The summed E-state index contributed by atoms with van der Waals surface area (Å²) in [5, 5.41) is 5.53. The normalized spacial score (nSPS) is 17.1. The van der Waals surface area contributed by atoms with Crippen LogP contribution < -0.4 is 10.6 Å². The lowest BCUT2D eigenvalue weighted by atomic mass is 10.2. The van der Waals surface area contributed by atoms with E-state index in [9.17, 15) is 18.0 Å². The highest BCUT2D eigenvalue weighted by atomic mass is 35.5. The Balaban J connectivity index is 1.60. The zero-order chi connectivity index (χ0) is 21.0. The molecule has 0 bridgehead atoms. The third-order valence-electron chi connectivity index (χ3n) is 4.76. The van der Waals surface area contributed by atoms with Crippen molar-refractivity contribution in [2.24, 2.45) is 0 Å². The van der Waals surface area contributed by atoms with Gasteiger partial charge in [0.15, 0.2) is 0 Å². The lowest BCUT2D eigenvalue weighted by Gasteiger charge is -2.24. The summed E-state index contributed by atoms with van der Waals surface area (Å²) in [6.45, 7) is 2.34. The van der Waals surface area contributed by atoms with Gasteiger partial charge in [0.2, 0.25) is 10.0 Å². The number of hydrogen-bond acceptors (Lipinski definition) is 4. The first-order valence-electron chi connectivity index (χ1n) is 9.20. The summed E-state index contributed by atoms with van der Waals surface area (Å²) in [6, 6.07) is 12.6. The molecule has 2 amide bonds. The van der Waals surface area contributed by atoms with Gasteiger partial charge in [-0.15, -0.1) is 0 Å². The van der Waals surface area contributed by atoms with Gasteiger partial charge >= 0.3 is 11.8 Å². The van der Waals surface area contributed by atoms with Crippen molar-refractivity contribution in [3.8, 4) is 0 Å². The largest absolute Gasteiger partial charge is 0.346 e. The Morgan fingerprint density at radius 3 is 2.38 bits per heavy atom. The van der Waals surface area contributed by atoms with Crippen molar-refractivity contribution in [1.29, 1.82) is 0 Å². The number of hydrogen-bond donors (Lipinski definition) is 2. The molecule has 1 aliphatic rings. The smallest absolute Gasteiger partial charge is 0.313 e. The first-order valence-corrected chi connectivity index (χ1v) is 11.0. The van der Waals surface area contributed by atoms with E-state index in [1.165, 1.54) is 4.31 Å². The number of carbonyl (C=O) groups is 2. The third kappa shape index (κ3) is 5.14. The summed E-state index contributed by atoms with van der Waals surface area (Å²) in [4.78, 5) is 24.4. The van der Waals surface area contributed by atoms with Crippen molar-refractivity contribution in [2.45, 2.75) is 30.7 Å². The standard InChI is InChI=1S/C20H22ClN3O4S/c1-14-4-10-18(11-5-14)29(27,28)24-12-2-3-17(24)13-22-19(25)20(26)23-16-8-6-15(21)7-9-16/h4-11,17H,2-3,12-13H2,1H3,(H,22,25)(H,23,26)/t17-/m0/s1. The van der Waals surface area contributed by atoms with E-state index in [0.29, 0.717) is 30.1 Å². The zero-order valence-corrected chi connectivity index (χ0v) is 17.5. The molecule has 2 aromatic rings. The molecule has 1 aliphatic heterocycles. The van der Waals surface area contributed by atoms with Gasteiger partial charge in [-0.3, -0.25) is 9.59 Å². The Kier molecular flexibility index (Phi) is 6.56. The molecule has 2 N–H and O–H groups in total. The molecule has 0 spiro atoms. The zero-order valence-electron chi connectivity index (χ0n) is 15.9. The number of anilines is 1. The van der Waals surface area contributed by atoms with Crippen LogP contribution in [0.4, 0.5) is 5.69 Å². The predicted molar refractivity (Wildman–Crippen MR) is 111 cm³/mol. The van der Waals surface area contributed by atoms with Crippen LogP contribution in [0.1, 0.15) is 18.4 Å². The van der Waals surface area contributed by atoms with E-state index in [-0.39, 0.29) is 11.4 Å². The van der Waals surface area contributed by atoms with E-state index in [1.54, 1.807) is 48.5 Å². The number of benzene rings is 2. The number of carbonyl (C=O) groups excluding carboxylic acids is 2. The van der Waals surface area contributed by atoms with Gasteiger partial charge in [-0.2, -0.15) is 4.31 Å². The van der Waals surface area contributed by atoms with E-state index in [0.717, 1.165) is 5.56 Å². The highest BCUT2D eigenvalue weighted by molar-refractivity contribution is 7.89. The van der Waals surface area contributed by atoms with E-state index in [2.05, 4.69) is 10.6 Å². The van der Waals surface area contributed by atoms with Crippen LogP contribution in [0.15, 0.2) is 53.4 Å². The molecule has 154 valence electrons. The fourth-order valence-electron chi connectivity index (χ4n) is 3.19. The number of nitrogens with one attached hydrogen (secondary N) is 2. The molecule has 7 nitrogen and oxygen atoms in total. The van der Waals surface area contributed by atoms with E-state index in [4.69, 9.17) is 11.6 Å². The van der Waals surface area contributed by atoms with Crippen molar-refractivity contribution >= 4 is 39.1 Å². The Hall–Kier alpha value is -2.42. The van der Waals surface area contributed by atoms with Crippen LogP contribution in [0.2, 0.25) is 5.02 Å². The van der Waals surface area contributed by atoms with E-state index in [1.807, 2.05) is 6.92 Å². The summed E-state index contributed by atoms with van der Waals surface area (Å²) in [7, 11) is -3.66. The quantitative estimate of drug-likeness (QED) is 0.705. The van der Waals surface area contributed by atoms with Crippen LogP contribution in [0.5, 0.6) is 0 Å². The number of halogens is 1. The van der Waals surface area contributed by atoms with Gasteiger partial charge in [-0.25, -0.2) is 8.42 Å². The summed E-state index contributed by atoms with van der Waals surface area (Å²) in [5.74, 6) is -1.64. The van der Waals surface area contributed by atoms with Crippen LogP contribution >= 0.6 is 11.6 Å². The van der Waals surface area contributed by atoms with Gasteiger partial charge in [0.25, 0.3) is 0 Å². The molecule has 9 heteroatoms. The summed E-state index contributed by atoms with van der Waals surface area (Å²) in [6.07, 6.45) is 1.31. The fourth-order valence-corrected chi connectivity index (χ4v) is 5.01. The van der Waals surface area contributed by atoms with Crippen molar-refractivity contribution in [2.75, 3.05) is 18.4 Å². The van der Waals surface area contributed by atoms with Crippen molar-refractivity contribution in [3.05, 3.63) is 59.1 Å². The fraction of sp³-hybridized carbons (Fsp3) is 0.300. The van der Waals surface area contributed by atoms with Gasteiger partial charge in [0.1, 0.15) is 0 Å². The van der Waals surface area contributed by atoms with E-state index < -0.39 is 27.9 Å². The highest BCUT2D eigenvalue weighted by Gasteiger charge is 2.35. The van der Waals surface area contributed by atoms with Gasteiger partial charge in [-0.1, -0.05) is 29.3 Å². The number of rotatable bonds is 5. The minimum Gasteiger partial charge on any atom is -0.346 e. The van der Waals surface area contributed by atoms with Crippen LogP contribution in [-0.2, 0) is 19.6 Å². The van der Waals surface area contributed by atoms with Crippen LogP contribution in [0.25, 0.3) is 0 Å². The molecule has 0 unspecified atom stereocenters. The second-order valence-corrected chi connectivity index (χ2v) is 9.22. The number of amides is 2. The molecule has 0 saturated carbocycles. The number of sulfonamides is 1. The maximum atomic E-state index is 12.9. The van der Waals surface area contributed by atoms with Crippen LogP contribution in [0.3, 0.4) is 0 Å². The number of nitrogens with zero attached hydrogens (tertiary/aromatic N) is 1.